The average Bonchev–Trinajstić information content (AvgIpc) is 3.17. The normalized spacial score (nSPS) is 13.1. The third-order valence-corrected chi connectivity index (χ3v) is 4.72. The van der Waals surface area contributed by atoms with Crippen molar-refractivity contribution in [1.29, 1.82) is 0 Å². The second-order valence-electron chi connectivity index (χ2n) is 7.48. The molecule has 1 aliphatic rings. The second kappa shape index (κ2) is 19.3. The van der Waals surface area contributed by atoms with E-state index in [0.29, 0.717) is 38.1 Å². The highest BCUT2D eigenvalue weighted by atomic mass is 16.7. The zero-order valence-corrected chi connectivity index (χ0v) is 20.8. The van der Waals surface area contributed by atoms with Crippen LogP contribution in [0.1, 0.15) is 32.1 Å². The zero-order valence-electron chi connectivity index (χ0n) is 20.8. The molecule has 0 atom stereocenters. The van der Waals surface area contributed by atoms with Gasteiger partial charge in [-0.2, -0.15) is 0 Å². The molecule has 0 radical (unpaired) electrons. The quantitative estimate of drug-likeness (QED) is 0.0880. The van der Waals surface area contributed by atoms with E-state index in [2.05, 4.69) is 6.58 Å². The maximum absolute atomic E-state index is 12.6. The first kappa shape index (κ1) is 31.2. The zero-order chi connectivity index (χ0) is 26.6. The van der Waals surface area contributed by atoms with Crippen LogP contribution in [-0.4, -0.2) is 113 Å². The van der Waals surface area contributed by atoms with E-state index >= 15 is 0 Å². The molecule has 13 nitrogen and oxygen atoms in total. The molecule has 1 rings (SSSR count). The van der Waals surface area contributed by atoms with Crippen LogP contribution in [0, 0.1) is 0 Å². The van der Waals surface area contributed by atoms with E-state index in [4.69, 9.17) is 28.5 Å². The Morgan fingerprint density at radius 1 is 0.833 bits per heavy atom. The number of amides is 3. The summed E-state index contributed by atoms with van der Waals surface area (Å²) in [5, 5.41) is 0.447. The minimum absolute atomic E-state index is 0.00977. The van der Waals surface area contributed by atoms with Gasteiger partial charge in [0, 0.05) is 33.0 Å². The molecule has 0 N–H and O–H groups in total. The van der Waals surface area contributed by atoms with Crippen molar-refractivity contribution in [3.8, 4) is 0 Å². The first-order valence-corrected chi connectivity index (χ1v) is 11.7. The van der Waals surface area contributed by atoms with Crippen molar-refractivity contribution in [2.45, 2.75) is 32.1 Å². The lowest BCUT2D eigenvalue weighted by Gasteiger charge is -2.22. The van der Waals surface area contributed by atoms with Crippen LogP contribution >= 0.6 is 0 Å². The molecule has 0 aromatic heterocycles. The summed E-state index contributed by atoms with van der Waals surface area (Å²) in [6, 6.07) is 0. The summed E-state index contributed by atoms with van der Waals surface area (Å²) in [6.45, 7) is 6.03. The number of nitrogens with zero attached hydrogens (tertiary/aromatic N) is 2. The second-order valence-corrected chi connectivity index (χ2v) is 7.48. The maximum atomic E-state index is 12.6. The third kappa shape index (κ3) is 13.9. The van der Waals surface area contributed by atoms with Crippen molar-refractivity contribution in [1.82, 2.24) is 9.96 Å². The predicted octanol–water partition coefficient (Wildman–Crippen LogP) is 0.0179. The summed E-state index contributed by atoms with van der Waals surface area (Å²) in [6.07, 6.45) is 1.05. The molecule has 1 saturated heterocycles. The Bertz CT molecular complexity index is 713. The van der Waals surface area contributed by atoms with Crippen LogP contribution in [0.3, 0.4) is 0 Å². The number of ether oxygens (including phenoxy) is 5. The molecule has 13 heteroatoms. The highest BCUT2D eigenvalue weighted by Crippen LogP contribution is 2.13. The molecule has 1 heterocycles. The minimum Gasteiger partial charge on any atom is -0.461 e. The number of carbonyl (C=O) groups excluding carboxylic acids is 5. The van der Waals surface area contributed by atoms with Crippen LogP contribution in [0.25, 0.3) is 0 Å². The maximum Gasteiger partial charge on any atom is 0.334 e. The Hall–Kier alpha value is -2.87. The molecular formula is C23H36N2O11. The monoisotopic (exact) mass is 516 g/mol. The van der Waals surface area contributed by atoms with Gasteiger partial charge in [0.15, 0.2) is 0 Å². The molecule has 3 amide bonds. The van der Waals surface area contributed by atoms with Crippen LogP contribution in [0.15, 0.2) is 12.7 Å². The number of carbonyl (C=O) groups is 5. The van der Waals surface area contributed by atoms with Gasteiger partial charge in [-0.05, 0) is 0 Å². The molecule has 204 valence electrons. The SMILES string of the molecule is C=CCOC(=O)CCN(CCC(=O)ON1C(=O)CCC1=O)C(=O)CCOCCOCCOCCOC. The Kier molecular flexibility index (Phi) is 16.7. The number of hydroxylamine groups is 2. The van der Waals surface area contributed by atoms with Crippen molar-refractivity contribution in [3.05, 3.63) is 12.7 Å². The van der Waals surface area contributed by atoms with E-state index in [1.165, 1.54) is 11.0 Å². The Morgan fingerprint density at radius 2 is 1.36 bits per heavy atom. The Morgan fingerprint density at radius 3 is 1.92 bits per heavy atom. The standard InChI is InChI=1S/C23H36N2O11/c1-3-11-35-22(29)6-9-24(10-7-23(30)36-25-20(27)4-5-21(25)28)19(26)8-12-32-15-16-34-18-17-33-14-13-31-2/h3H,1,4-18H2,2H3. The van der Waals surface area contributed by atoms with Crippen molar-refractivity contribution in [2.75, 3.05) is 73.1 Å². The number of esters is 1. The highest BCUT2D eigenvalue weighted by Gasteiger charge is 2.33. The molecule has 0 unspecified atom stereocenters. The molecular weight excluding hydrogens is 480 g/mol. The first-order chi connectivity index (χ1) is 17.4. The van der Waals surface area contributed by atoms with Gasteiger partial charge in [0.1, 0.15) is 6.61 Å². The molecule has 0 aliphatic carbocycles. The van der Waals surface area contributed by atoms with Gasteiger partial charge in [0.05, 0.1) is 65.5 Å². The molecule has 1 aliphatic heterocycles. The summed E-state index contributed by atoms with van der Waals surface area (Å²) >= 11 is 0. The molecule has 0 saturated carbocycles. The number of hydrogen-bond donors (Lipinski definition) is 0. The fourth-order valence-electron chi connectivity index (χ4n) is 2.84. The van der Waals surface area contributed by atoms with Crippen LogP contribution in [0.2, 0.25) is 0 Å². The van der Waals surface area contributed by atoms with Crippen LogP contribution in [-0.2, 0) is 52.5 Å². The van der Waals surface area contributed by atoms with Crippen molar-refractivity contribution in [2.24, 2.45) is 0 Å². The lowest BCUT2D eigenvalue weighted by Crippen LogP contribution is -2.37. The van der Waals surface area contributed by atoms with E-state index < -0.39 is 23.8 Å². The van der Waals surface area contributed by atoms with Gasteiger partial charge in [-0.1, -0.05) is 12.7 Å². The van der Waals surface area contributed by atoms with E-state index in [9.17, 15) is 24.0 Å². The van der Waals surface area contributed by atoms with Gasteiger partial charge in [0.25, 0.3) is 11.8 Å². The molecule has 0 bridgehead atoms. The van der Waals surface area contributed by atoms with Crippen molar-refractivity contribution < 1.29 is 52.5 Å². The molecule has 1 fully saturated rings. The number of imide groups is 1. The van der Waals surface area contributed by atoms with Crippen molar-refractivity contribution in [3.63, 3.8) is 0 Å². The van der Waals surface area contributed by atoms with E-state index in [0.717, 1.165) is 0 Å². The van der Waals surface area contributed by atoms with Crippen LogP contribution in [0.4, 0.5) is 0 Å². The van der Waals surface area contributed by atoms with E-state index in [1.807, 2.05) is 0 Å². The highest BCUT2D eigenvalue weighted by molar-refractivity contribution is 6.01. The molecule has 36 heavy (non-hydrogen) atoms. The number of methoxy groups -OCH3 is 1. The largest absolute Gasteiger partial charge is 0.461 e. The van der Waals surface area contributed by atoms with Gasteiger partial charge in [-0.25, -0.2) is 4.79 Å². The number of hydrogen-bond acceptors (Lipinski definition) is 11. The summed E-state index contributed by atoms with van der Waals surface area (Å²) in [4.78, 5) is 65.8. The lowest BCUT2D eigenvalue weighted by atomic mass is 10.3. The van der Waals surface area contributed by atoms with Gasteiger partial charge < -0.3 is 33.4 Å². The van der Waals surface area contributed by atoms with Crippen molar-refractivity contribution >= 4 is 29.7 Å². The predicted molar refractivity (Wildman–Crippen MR) is 123 cm³/mol. The van der Waals surface area contributed by atoms with Gasteiger partial charge in [-0.15, -0.1) is 5.06 Å². The Balaban J connectivity index is 2.37. The lowest BCUT2D eigenvalue weighted by molar-refractivity contribution is -0.197. The van der Waals surface area contributed by atoms with Crippen LogP contribution in [0.5, 0.6) is 0 Å². The van der Waals surface area contributed by atoms with Gasteiger partial charge in [-0.3, -0.25) is 19.2 Å². The average molecular weight is 517 g/mol. The fourth-order valence-corrected chi connectivity index (χ4v) is 2.84. The topological polar surface area (TPSA) is 147 Å². The minimum atomic E-state index is -0.842. The van der Waals surface area contributed by atoms with E-state index in [1.54, 1.807) is 7.11 Å². The van der Waals surface area contributed by atoms with Gasteiger partial charge >= 0.3 is 11.9 Å². The fraction of sp³-hybridized carbons (Fsp3) is 0.696. The van der Waals surface area contributed by atoms with Gasteiger partial charge in [0.2, 0.25) is 5.91 Å². The first-order valence-electron chi connectivity index (χ1n) is 11.7. The third-order valence-electron chi connectivity index (χ3n) is 4.72. The number of rotatable bonds is 21. The summed E-state index contributed by atoms with van der Waals surface area (Å²) < 4.78 is 25.8. The smallest absolute Gasteiger partial charge is 0.334 e. The van der Waals surface area contributed by atoms with E-state index in [-0.39, 0.29) is 70.9 Å². The molecule has 0 aromatic rings. The molecule has 0 spiro atoms. The summed E-state index contributed by atoms with van der Waals surface area (Å²) in [5.74, 6) is -2.90. The Labute approximate surface area is 210 Å². The summed E-state index contributed by atoms with van der Waals surface area (Å²) in [7, 11) is 1.59. The molecule has 0 aromatic carbocycles. The summed E-state index contributed by atoms with van der Waals surface area (Å²) in [5.41, 5.74) is 0. The van der Waals surface area contributed by atoms with Crippen LogP contribution < -0.4 is 0 Å².